The van der Waals surface area contributed by atoms with Crippen molar-refractivity contribution in [3.63, 3.8) is 0 Å². The van der Waals surface area contributed by atoms with Gasteiger partial charge in [0.1, 0.15) is 5.75 Å². The molecule has 0 atom stereocenters. The number of nitrogens with one attached hydrogen (secondary N) is 1. The van der Waals surface area contributed by atoms with E-state index in [-0.39, 0.29) is 5.54 Å². The summed E-state index contributed by atoms with van der Waals surface area (Å²) in [6.07, 6.45) is 2.66. The molecule has 2 N–H and O–H groups in total. The predicted molar refractivity (Wildman–Crippen MR) is 64.3 cm³/mol. The normalized spacial score (nSPS) is 17.0. The third-order valence-electron chi connectivity index (χ3n) is 2.94. The van der Waals surface area contributed by atoms with E-state index in [0.29, 0.717) is 5.75 Å². The van der Waals surface area contributed by atoms with Crippen molar-refractivity contribution in [1.29, 1.82) is 0 Å². The van der Waals surface area contributed by atoms with Gasteiger partial charge in [-0.05, 0) is 44.4 Å². The first-order valence-corrected chi connectivity index (χ1v) is 5.20. The quantitative estimate of drug-likeness (QED) is 0.687. The molecule has 0 bridgehead atoms. The molecule has 1 heterocycles. The van der Waals surface area contributed by atoms with Crippen LogP contribution in [0.3, 0.4) is 0 Å². The van der Waals surface area contributed by atoms with Gasteiger partial charge in [0.05, 0.1) is 0 Å². The van der Waals surface area contributed by atoms with E-state index < -0.39 is 0 Å². The van der Waals surface area contributed by atoms with E-state index in [4.69, 9.17) is 0 Å². The molecule has 1 aromatic rings. The molecule has 1 aliphatic rings. The SMILES string of the molecule is C=Cc1c(O)cc(C)c2c1CC(C)(C)N2. The van der Waals surface area contributed by atoms with E-state index in [1.165, 1.54) is 5.56 Å². The number of aromatic hydroxyl groups is 1. The average molecular weight is 203 g/mol. The first kappa shape index (κ1) is 10.1. The lowest BCUT2D eigenvalue weighted by Crippen LogP contribution is -2.27. The van der Waals surface area contributed by atoms with Crippen LogP contribution >= 0.6 is 0 Å². The first-order chi connectivity index (χ1) is 6.94. The van der Waals surface area contributed by atoms with E-state index in [9.17, 15) is 5.11 Å². The van der Waals surface area contributed by atoms with Gasteiger partial charge >= 0.3 is 0 Å². The highest BCUT2D eigenvalue weighted by atomic mass is 16.3. The van der Waals surface area contributed by atoms with Crippen molar-refractivity contribution in [1.82, 2.24) is 0 Å². The van der Waals surface area contributed by atoms with Crippen molar-refractivity contribution in [2.75, 3.05) is 5.32 Å². The minimum atomic E-state index is 0.0681. The van der Waals surface area contributed by atoms with Gasteiger partial charge in [-0.1, -0.05) is 12.7 Å². The Kier molecular flexibility index (Phi) is 2.03. The molecule has 1 aromatic carbocycles. The minimum absolute atomic E-state index is 0.0681. The smallest absolute Gasteiger partial charge is 0.123 e. The zero-order valence-electron chi connectivity index (χ0n) is 9.52. The van der Waals surface area contributed by atoms with E-state index in [1.807, 2.05) is 6.92 Å². The number of hydrogen-bond acceptors (Lipinski definition) is 2. The standard InChI is InChI=1S/C13H17NO/c1-5-9-10-7-13(3,4)14-12(10)8(2)6-11(9)15/h5-6,14-15H,1,7H2,2-4H3. The third kappa shape index (κ3) is 1.50. The molecule has 2 nitrogen and oxygen atoms in total. The Balaban J connectivity index is 2.66. The molecule has 0 radical (unpaired) electrons. The van der Waals surface area contributed by atoms with Crippen LogP contribution in [0.4, 0.5) is 5.69 Å². The van der Waals surface area contributed by atoms with Crippen molar-refractivity contribution in [3.05, 3.63) is 29.3 Å². The molecule has 15 heavy (non-hydrogen) atoms. The summed E-state index contributed by atoms with van der Waals surface area (Å²) < 4.78 is 0. The molecular formula is C13H17NO. The van der Waals surface area contributed by atoms with Crippen LogP contribution in [0.15, 0.2) is 12.6 Å². The monoisotopic (exact) mass is 203 g/mol. The molecule has 0 saturated carbocycles. The molecule has 80 valence electrons. The van der Waals surface area contributed by atoms with Gasteiger partial charge in [-0.25, -0.2) is 0 Å². The maximum absolute atomic E-state index is 9.83. The molecular weight excluding hydrogens is 186 g/mol. The molecule has 0 aromatic heterocycles. The lowest BCUT2D eigenvalue weighted by Gasteiger charge is -2.18. The van der Waals surface area contributed by atoms with Crippen molar-refractivity contribution in [3.8, 4) is 5.75 Å². The highest BCUT2D eigenvalue weighted by molar-refractivity contribution is 5.75. The topological polar surface area (TPSA) is 32.3 Å². The maximum atomic E-state index is 9.83. The second-order valence-electron chi connectivity index (χ2n) is 4.87. The Morgan fingerprint density at radius 2 is 2.20 bits per heavy atom. The average Bonchev–Trinajstić information content (AvgIpc) is 2.42. The van der Waals surface area contributed by atoms with Crippen molar-refractivity contribution in [2.24, 2.45) is 0 Å². The summed E-state index contributed by atoms with van der Waals surface area (Å²) >= 11 is 0. The fourth-order valence-electron chi connectivity index (χ4n) is 2.29. The van der Waals surface area contributed by atoms with Crippen molar-refractivity contribution < 1.29 is 5.11 Å². The Morgan fingerprint density at radius 3 is 2.80 bits per heavy atom. The Morgan fingerprint density at radius 1 is 1.53 bits per heavy atom. The number of anilines is 1. The molecule has 0 unspecified atom stereocenters. The number of fused-ring (bicyclic) bond motifs is 1. The van der Waals surface area contributed by atoms with E-state index in [1.54, 1.807) is 12.1 Å². The van der Waals surface area contributed by atoms with Crippen LogP contribution < -0.4 is 5.32 Å². The van der Waals surface area contributed by atoms with Crippen LogP contribution in [0, 0.1) is 6.92 Å². The number of rotatable bonds is 1. The highest BCUT2D eigenvalue weighted by Crippen LogP contribution is 2.40. The number of aryl methyl sites for hydroxylation is 1. The second-order valence-corrected chi connectivity index (χ2v) is 4.87. The number of phenols is 1. The summed E-state index contributed by atoms with van der Waals surface area (Å²) in [6, 6.07) is 1.80. The van der Waals surface area contributed by atoms with Crippen LogP contribution in [0.1, 0.15) is 30.5 Å². The van der Waals surface area contributed by atoms with Gasteiger partial charge in [-0.2, -0.15) is 0 Å². The summed E-state index contributed by atoms with van der Waals surface area (Å²) in [7, 11) is 0. The summed E-state index contributed by atoms with van der Waals surface area (Å²) in [5.41, 5.74) is 4.38. The molecule has 0 aliphatic carbocycles. The lowest BCUT2D eigenvalue weighted by atomic mass is 9.95. The third-order valence-corrected chi connectivity index (χ3v) is 2.94. The van der Waals surface area contributed by atoms with Crippen molar-refractivity contribution >= 4 is 11.8 Å². The predicted octanol–water partition coefficient (Wildman–Crippen LogP) is 3.09. The fourth-order valence-corrected chi connectivity index (χ4v) is 2.29. The Bertz CT molecular complexity index is 433. The van der Waals surface area contributed by atoms with Crippen molar-refractivity contribution in [2.45, 2.75) is 32.7 Å². The molecule has 2 rings (SSSR count). The van der Waals surface area contributed by atoms with Gasteiger partial charge in [0.15, 0.2) is 0 Å². The summed E-state index contributed by atoms with van der Waals surface area (Å²) in [5.74, 6) is 0.334. The van der Waals surface area contributed by atoms with Gasteiger partial charge in [0.25, 0.3) is 0 Å². The molecule has 0 spiro atoms. The van der Waals surface area contributed by atoms with Gasteiger partial charge < -0.3 is 10.4 Å². The summed E-state index contributed by atoms with van der Waals surface area (Å²) in [6.45, 7) is 10.1. The molecule has 0 amide bonds. The van der Waals surface area contributed by atoms with Gasteiger partial charge in [0, 0.05) is 16.8 Å². The van der Waals surface area contributed by atoms with Crippen LogP contribution in [-0.2, 0) is 6.42 Å². The first-order valence-electron chi connectivity index (χ1n) is 5.20. The van der Waals surface area contributed by atoms with Crippen LogP contribution in [0.25, 0.3) is 6.08 Å². The van der Waals surface area contributed by atoms with Crippen LogP contribution in [0.2, 0.25) is 0 Å². The van der Waals surface area contributed by atoms with Crippen LogP contribution in [-0.4, -0.2) is 10.6 Å². The lowest BCUT2D eigenvalue weighted by molar-refractivity contribution is 0.473. The number of hydrogen-bond donors (Lipinski definition) is 2. The Labute approximate surface area is 90.6 Å². The van der Waals surface area contributed by atoms with E-state index in [0.717, 1.165) is 23.2 Å². The largest absolute Gasteiger partial charge is 0.507 e. The van der Waals surface area contributed by atoms with E-state index >= 15 is 0 Å². The zero-order chi connectivity index (χ0) is 11.2. The molecule has 0 saturated heterocycles. The van der Waals surface area contributed by atoms with Crippen LogP contribution in [0.5, 0.6) is 5.75 Å². The maximum Gasteiger partial charge on any atom is 0.123 e. The molecule has 2 heteroatoms. The highest BCUT2D eigenvalue weighted by Gasteiger charge is 2.30. The summed E-state index contributed by atoms with van der Waals surface area (Å²) in [5, 5.41) is 13.3. The van der Waals surface area contributed by atoms with Gasteiger partial charge in [-0.3, -0.25) is 0 Å². The number of benzene rings is 1. The van der Waals surface area contributed by atoms with E-state index in [2.05, 4.69) is 25.7 Å². The van der Waals surface area contributed by atoms with Gasteiger partial charge in [0.2, 0.25) is 0 Å². The van der Waals surface area contributed by atoms with Gasteiger partial charge in [-0.15, -0.1) is 0 Å². The zero-order valence-corrected chi connectivity index (χ0v) is 9.52. The Hall–Kier alpha value is -1.44. The molecule has 0 fully saturated rings. The second kappa shape index (κ2) is 3.02. The summed E-state index contributed by atoms with van der Waals surface area (Å²) in [4.78, 5) is 0. The molecule has 1 aliphatic heterocycles. The fraction of sp³-hybridized carbons (Fsp3) is 0.385. The minimum Gasteiger partial charge on any atom is -0.507 e. The number of phenolic OH excluding ortho intramolecular Hbond substituents is 1.